The van der Waals surface area contributed by atoms with Crippen LogP contribution in [-0.2, 0) is 6.67 Å². The number of rotatable bonds is 5. The zero-order chi connectivity index (χ0) is 20.4. The number of nitrogens with zero attached hydrogens (tertiary/aromatic N) is 3. The zero-order valence-corrected chi connectivity index (χ0v) is 17.1. The van der Waals surface area contributed by atoms with Gasteiger partial charge in [-0.25, -0.2) is 4.99 Å². The van der Waals surface area contributed by atoms with Crippen LogP contribution in [0.5, 0.6) is 5.75 Å². The fourth-order valence-corrected chi connectivity index (χ4v) is 4.14. The van der Waals surface area contributed by atoms with Crippen molar-refractivity contribution >= 4 is 28.9 Å². The van der Waals surface area contributed by atoms with Crippen molar-refractivity contribution in [2.75, 3.05) is 18.2 Å². The first-order valence-electron chi connectivity index (χ1n) is 9.40. The van der Waals surface area contributed by atoms with E-state index in [0.29, 0.717) is 34.8 Å². The van der Waals surface area contributed by atoms with Gasteiger partial charge in [-0.3, -0.25) is 14.2 Å². The van der Waals surface area contributed by atoms with E-state index in [0.717, 1.165) is 17.0 Å². The number of Topliss-reactive ketones (excluding diaryl/α,β-unsaturated/α-hetero) is 1. The van der Waals surface area contributed by atoms with Crippen LogP contribution in [0.1, 0.15) is 29.8 Å². The molecule has 2 heterocycles. The summed E-state index contributed by atoms with van der Waals surface area (Å²) >= 11 is 1.39. The predicted molar refractivity (Wildman–Crippen MR) is 114 cm³/mol. The van der Waals surface area contributed by atoms with E-state index >= 15 is 0 Å². The van der Waals surface area contributed by atoms with Gasteiger partial charge in [0.25, 0.3) is 5.56 Å². The molecule has 0 amide bonds. The monoisotopic (exact) mass is 407 g/mol. The lowest BCUT2D eigenvalue weighted by molar-refractivity contribution is 0.101. The minimum atomic E-state index is -0.0601. The van der Waals surface area contributed by atoms with Gasteiger partial charge < -0.3 is 9.64 Å². The van der Waals surface area contributed by atoms with Crippen molar-refractivity contribution in [3.8, 4) is 5.75 Å². The number of ketones is 1. The molecule has 4 rings (SSSR count). The van der Waals surface area contributed by atoms with E-state index in [9.17, 15) is 9.59 Å². The van der Waals surface area contributed by atoms with Crippen LogP contribution in [0.25, 0.3) is 6.08 Å². The third-order valence-corrected chi connectivity index (χ3v) is 5.73. The number of ether oxygens (including phenoxy) is 1. The van der Waals surface area contributed by atoms with E-state index in [4.69, 9.17) is 4.74 Å². The molecule has 0 fully saturated rings. The Hall–Kier alpha value is -3.19. The second kappa shape index (κ2) is 8.05. The highest BCUT2D eigenvalue weighted by Gasteiger charge is 2.16. The maximum atomic E-state index is 12.9. The summed E-state index contributed by atoms with van der Waals surface area (Å²) in [4.78, 5) is 31.8. The first-order valence-corrected chi connectivity index (χ1v) is 10.2. The number of fused-ring (bicyclic) bond motifs is 1. The molecule has 0 spiro atoms. The van der Waals surface area contributed by atoms with Crippen LogP contribution >= 0.6 is 11.3 Å². The molecule has 0 saturated heterocycles. The Labute approximate surface area is 172 Å². The van der Waals surface area contributed by atoms with Crippen molar-refractivity contribution in [1.82, 2.24) is 4.57 Å². The lowest BCUT2D eigenvalue weighted by Crippen LogP contribution is -2.42. The molecule has 1 aromatic heterocycles. The molecule has 0 unspecified atom stereocenters. The van der Waals surface area contributed by atoms with Crippen molar-refractivity contribution in [2.24, 2.45) is 4.99 Å². The van der Waals surface area contributed by atoms with Gasteiger partial charge in [-0.1, -0.05) is 35.6 Å². The standard InChI is InChI=1S/C22H21N3O3S/c1-3-28-19-9-7-16(8-10-19)11-20-21(27)25-14-24(13-23-22(25)29-20)18-6-4-5-17(12-18)15(2)26/h4-12H,3,13-14H2,1-2H3/b20-11-. The number of aromatic nitrogens is 1. The Bertz CT molecular complexity index is 1230. The van der Waals surface area contributed by atoms with Crippen molar-refractivity contribution < 1.29 is 9.53 Å². The van der Waals surface area contributed by atoms with Crippen molar-refractivity contribution in [3.63, 3.8) is 0 Å². The van der Waals surface area contributed by atoms with Gasteiger partial charge in [0, 0.05) is 11.3 Å². The summed E-state index contributed by atoms with van der Waals surface area (Å²) in [5.74, 6) is 0.826. The summed E-state index contributed by atoms with van der Waals surface area (Å²) in [6.07, 6.45) is 1.88. The van der Waals surface area contributed by atoms with E-state index in [2.05, 4.69) is 4.99 Å². The van der Waals surface area contributed by atoms with Gasteiger partial charge >= 0.3 is 0 Å². The minimum absolute atomic E-state index is 0.0152. The number of benzene rings is 2. The van der Waals surface area contributed by atoms with Gasteiger partial charge in [0.2, 0.25) is 0 Å². The molecule has 0 saturated carbocycles. The third-order valence-electron chi connectivity index (χ3n) is 4.68. The van der Waals surface area contributed by atoms with E-state index < -0.39 is 0 Å². The second-order valence-corrected chi connectivity index (χ2v) is 7.72. The molecule has 0 aliphatic carbocycles. The summed E-state index contributed by atoms with van der Waals surface area (Å²) < 4.78 is 7.78. The first-order chi connectivity index (χ1) is 14.0. The van der Waals surface area contributed by atoms with E-state index in [1.54, 1.807) is 17.6 Å². The van der Waals surface area contributed by atoms with Crippen molar-refractivity contribution in [3.05, 3.63) is 79.3 Å². The molecule has 29 heavy (non-hydrogen) atoms. The summed E-state index contributed by atoms with van der Waals surface area (Å²) in [5.41, 5.74) is 2.41. The van der Waals surface area contributed by atoms with E-state index in [1.165, 1.54) is 11.3 Å². The summed E-state index contributed by atoms with van der Waals surface area (Å²) in [6.45, 7) is 4.97. The molecule has 2 aromatic carbocycles. The SMILES string of the molecule is CCOc1ccc(/C=c2\sc3n(c2=O)CN(c2cccc(C(C)=O)c2)CN=3)cc1. The quantitative estimate of drug-likeness (QED) is 0.610. The predicted octanol–water partition coefficient (Wildman–Crippen LogP) is 2.39. The number of carbonyl (C=O) groups is 1. The number of hydrogen-bond donors (Lipinski definition) is 0. The van der Waals surface area contributed by atoms with E-state index in [1.807, 2.05) is 60.4 Å². The highest BCUT2D eigenvalue weighted by Crippen LogP contribution is 2.18. The van der Waals surface area contributed by atoms with Crippen LogP contribution in [0.4, 0.5) is 5.69 Å². The van der Waals surface area contributed by atoms with Gasteiger partial charge in [-0.05, 0) is 49.8 Å². The maximum absolute atomic E-state index is 12.9. The number of thiazole rings is 1. The summed E-state index contributed by atoms with van der Waals surface area (Å²) in [5, 5.41) is 0. The maximum Gasteiger partial charge on any atom is 0.271 e. The Morgan fingerprint density at radius 1 is 1.24 bits per heavy atom. The second-order valence-electron chi connectivity index (χ2n) is 6.72. The molecule has 0 atom stereocenters. The average molecular weight is 407 g/mol. The molecule has 0 N–H and O–H groups in total. The lowest BCUT2D eigenvalue weighted by Gasteiger charge is -2.25. The molecule has 3 aromatic rings. The highest BCUT2D eigenvalue weighted by molar-refractivity contribution is 7.07. The smallest absolute Gasteiger partial charge is 0.271 e. The van der Waals surface area contributed by atoms with Crippen molar-refractivity contribution in [2.45, 2.75) is 20.5 Å². The molecular formula is C22H21N3O3S. The highest BCUT2D eigenvalue weighted by atomic mass is 32.1. The average Bonchev–Trinajstić information content (AvgIpc) is 3.04. The summed E-state index contributed by atoms with van der Waals surface area (Å²) in [7, 11) is 0. The number of hydrogen-bond acceptors (Lipinski definition) is 6. The molecule has 1 aliphatic heterocycles. The third kappa shape index (κ3) is 4.00. The molecule has 7 heteroatoms. The number of carbonyl (C=O) groups excluding carboxylic acids is 1. The Kier molecular flexibility index (Phi) is 5.31. The number of anilines is 1. The van der Waals surface area contributed by atoms with Crippen LogP contribution in [0, 0.1) is 0 Å². The van der Waals surface area contributed by atoms with Crippen LogP contribution in [-0.4, -0.2) is 23.6 Å². The fraction of sp³-hybridized carbons (Fsp3) is 0.227. The molecule has 6 nitrogen and oxygen atoms in total. The first kappa shape index (κ1) is 19.1. The Balaban J connectivity index is 1.64. The molecule has 148 valence electrons. The largest absolute Gasteiger partial charge is 0.494 e. The topological polar surface area (TPSA) is 63.9 Å². The normalized spacial score (nSPS) is 13.7. The van der Waals surface area contributed by atoms with Crippen LogP contribution in [0.15, 0.2) is 58.3 Å². The van der Waals surface area contributed by atoms with Gasteiger partial charge in [-0.15, -0.1) is 0 Å². The van der Waals surface area contributed by atoms with Gasteiger partial charge in [0.05, 0.1) is 11.1 Å². The van der Waals surface area contributed by atoms with Crippen LogP contribution in [0.3, 0.4) is 0 Å². The lowest BCUT2D eigenvalue weighted by atomic mass is 10.1. The van der Waals surface area contributed by atoms with Gasteiger partial charge in [0.15, 0.2) is 10.6 Å². The zero-order valence-electron chi connectivity index (χ0n) is 16.3. The van der Waals surface area contributed by atoms with Crippen LogP contribution < -0.4 is 24.5 Å². The van der Waals surface area contributed by atoms with Crippen molar-refractivity contribution in [1.29, 1.82) is 0 Å². The molecular weight excluding hydrogens is 386 g/mol. The minimum Gasteiger partial charge on any atom is -0.494 e. The van der Waals surface area contributed by atoms with Crippen LogP contribution in [0.2, 0.25) is 0 Å². The fourth-order valence-electron chi connectivity index (χ4n) is 3.18. The summed E-state index contributed by atoms with van der Waals surface area (Å²) in [6, 6.07) is 15.1. The van der Waals surface area contributed by atoms with Gasteiger partial charge in [-0.2, -0.15) is 0 Å². The molecule has 1 aliphatic rings. The van der Waals surface area contributed by atoms with E-state index in [-0.39, 0.29) is 11.3 Å². The Morgan fingerprint density at radius 3 is 2.76 bits per heavy atom. The Morgan fingerprint density at radius 2 is 2.03 bits per heavy atom. The van der Waals surface area contributed by atoms with Gasteiger partial charge in [0.1, 0.15) is 19.1 Å². The molecule has 0 radical (unpaired) electrons. The molecule has 0 bridgehead atoms.